The lowest BCUT2D eigenvalue weighted by Crippen LogP contribution is -2.26. The van der Waals surface area contributed by atoms with Crippen LogP contribution in [0.4, 0.5) is 0 Å². The highest BCUT2D eigenvalue weighted by Gasteiger charge is 2.39. The summed E-state index contributed by atoms with van der Waals surface area (Å²) >= 11 is 0. The molecule has 5 nitrogen and oxygen atoms in total. The molecule has 160 valence electrons. The molecule has 0 bridgehead atoms. The molecule has 0 aliphatic heterocycles. The summed E-state index contributed by atoms with van der Waals surface area (Å²) in [6.07, 6.45) is 14.3. The molecule has 5 heteroatoms. The lowest BCUT2D eigenvalue weighted by Gasteiger charge is -2.31. The van der Waals surface area contributed by atoms with Gasteiger partial charge in [0, 0.05) is 18.8 Å². The van der Waals surface area contributed by atoms with E-state index in [0.29, 0.717) is 37.5 Å². The second-order valence-corrected chi connectivity index (χ2v) is 8.68. The lowest BCUT2D eigenvalue weighted by atomic mass is 9.77. The topological polar surface area (TPSA) is 98.0 Å². The highest BCUT2D eigenvalue weighted by atomic mass is 16.4. The summed E-state index contributed by atoms with van der Waals surface area (Å²) in [7, 11) is 0. The third kappa shape index (κ3) is 7.02. The molecule has 0 aromatic heterocycles. The molecule has 0 aromatic rings. The minimum atomic E-state index is -0.783. The Balaban J connectivity index is 1.87. The fourth-order valence-electron chi connectivity index (χ4n) is 4.86. The van der Waals surface area contributed by atoms with E-state index < -0.39 is 24.3 Å². The summed E-state index contributed by atoms with van der Waals surface area (Å²) in [5, 5.41) is 39.9. The molecular formula is C23H38O5. The van der Waals surface area contributed by atoms with Crippen molar-refractivity contribution in [2.75, 3.05) is 0 Å². The van der Waals surface area contributed by atoms with E-state index in [0.717, 1.165) is 12.8 Å². The van der Waals surface area contributed by atoms with Gasteiger partial charge >= 0.3 is 5.97 Å². The van der Waals surface area contributed by atoms with E-state index >= 15 is 0 Å². The summed E-state index contributed by atoms with van der Waals surface area (Å²) < 4.78 is 0. The predicted octanol–water partition coefficient (Wildman–Crippen LogP) is 3.68. The Labute approximate surface area is 169 Å². The zero-order chi connectivity index (χ0) is 20.5. The Hall–Kier alpha value is -1.17. The number of carboxylic acids is 1. The number of unbranched alkanes of at least 4 members (excludes halogenated alkanes) is 1. The van der Waals surface area contributed by atoms with Gasteiger partial charge in [-0.05, 0) is 49.9 Å². The quantitative estimate of drug-likeness (QED) is 0.335. The van der Waals surface area contributed by atoms with Gasteiger partial charge in [0.05, 0.1) is 18.3 Å². The Morgan fingerprint density at radius 1 is 1.14 bits per heavy atom. The summed E-state index contributed by atoms with van der Waals surface area (Å²) in [6.45, 7) is 2.21. The molecule has 7 atom stereocenters. The molecule has 2 saturated carbocycles. The van der Waals surface area contributed by atoms with Gasteiger partial charge in [0.2, 0.25) is 0 Å². The maximum atomic E-state index is 10.6. The Bertz CT molecular complexity index is 529. The molecule has 4 N–H and O–H groups in total. The molecule has 0 heterocycles. The second kappa shape index (κ2) is 11.7. The van der Waals surface area contributed by atoms with E-state index in [9.17, 15) is 20.1 Å². The minimum Gasteiger partial charge on any atom is -0.481 e. The van der Waals surface area contributed by atoms with Gasteiger partial charge in [-0.15, -0.1) is 0 Å². The van der Waals surface area contributed by atoms with E-state index in [4.69, 9.17) is 5.11 Å². The number of carbonyl (C=O) groups is 1. The van der Waals surface area contributed by atoms with E-state index in [2.05, 4.69) is 6.92 Å². The van der Waals surface area contributed by atoms with Crippen molar-refractivity contribution in [3.05, 3.63) is 24.3 Å². The fraction of sp³-hybridized carbons (Fsp3) is 0.783. The number of hydrogen-bond donors (Lipinski definition) is 4. The Morgan fingerprint density at radius 2 is 1.93 bits per heavy atom. The fourth-order valence-corrected chi connectivity index (χ4v) is 4.86. The average molecular weight is 395 g/mol. The molecule has 0 saturated heterocycles. The van der Waals surface area contributed by atoms with Crippen LogP contribution in [0, 0.1) is 23.7 Å². The van der Waals surface area contributed by atoms with Gasteiger partial charge in [0.25, 0.3) is 0 Å². The molecule has 2 unspecified atom stereocenters. The van der Waals surface area contributed by atoms with Crippen molar-refractivity contribution < 1.29 is 25.2 Å². The largest absolute Gasteiger partial charge is 0.481 e. The number of aliphatic carboxylic acids is 1. The third-order valence-electron chi connectivity index (χ3n) is 6.67. The van der Waals surface area contributed by atoms with Crippen LogP contribution in [0.5, 0.6) is 0 Å². The number of aliphatic hydroxyl groups excluding tert-OH is 3. The Morgan fingerprint density at radius 3 is 2.64 bits per heavy atom. The van der Waals surface area contributed by atoms with Crippen LogP contribution in [0.1, 0.15) is 71.1 Å². The number of aliphatic hydroxyl groups is 3. The number of hydrogen-bond acceptors (Lipinski definition) is 4. The predicted molar refractivity (Wildman–Crippen MR) is 110 cm³/mol. The van der Waals surface area contributed by atoms with E-state index in [-0.39, 0.29) is 18.3 Å². The van der Waals surface area contributed by atoms with Crippen LogP contribution >= 0.6 is 0 Å². The lowest BCUT2D eigenvalue weighted by molar-refractivity contribution is -0.137. The van der Waals surface area contributed by atoms with E-state index in [1.54, 1.807) is 0 Å². The normalized spacial score (nSPS) is 35.0. The zero-order valence-corrected chi connectivity index (χ0v) is 17.1. The van der Waals surface area contributed by atoms with Crippen molar-refractivity contribution in [3.63, 3.8) is 0 Å². The van der Waals surface area contributed by atoms with Crippen LogP contribution in [-0.2, 0) is 4.79 Å². The van der Waals surface area contributed by atoms with Crippen molar-refractivity contribution in [1.29, 1.82) is 0 Å². The van der Waals surface area contributed by atoms with Gasteiger partial charge in [0.15, 0.2) is 0 Å². The van der Waals surface area contributed by atoms with Crippen molar-refractivity contribution in [1.82, 2.24) is 0 Å². The molecule has 0 amide bonds. The van der Waals surface area contributed by atoms with Crippen LogP contribution in [0.15, 0.2) is 24.3 Å². The monoisotopic (exact) mass is 394 g/mol. The first kappa shape index (κ1) is 23.1. The average Bonchev–Trinajstić information content (AvgIpc) is 2.95. The van der Waals surface area contributed by atoms with Crippen LogP contribution in [0.3, 0.4) is 0 Å². The molecule has 2 rings (SSSR count). The van der Waals surface area contributed by atoms with Crippen molar-refractivity contribution in [3.8, 4) is 0 Å². The molecule has 2 fully saturated rings. The van der Waals surface area contributed by atoms with E-state index in [1.807, 2.05) is 24.3 Å². The standard InChI is InChI=1S/C23H38O5/c1-2-16-8-7-9-17(14-16)20(24)13-12-19-18(21(25)15-22(19)26)10-5-3-4-6-11-23(27)28/h3,5,12-13,16-22,24-26H,2,4,6-11,14-15H2,1H3,(H,27,28)/b5-3-,13-12+/t16?,17?,18-,19-,20-,21+,22-/m1/s1. The van der Waals surface area contributed by atoms with Gasteiger partial charge < -0.3 is 20.4 Å². The SMILES string of the molecule is CCC1CCCC([C@H](O)/C=C/[C@@H]2[C@@H](C/C=C\CCCC(=O)O)[C@@H](O)C[C@H]2O)C1. The maximum absolute atomic E-state index is 10.6. The van der Waals surface area contributed by atoms with Gasteiger partial charge in [0.1, 0.15) is 0 Å². The summed E-state index contributed by atoms with van der Waals surface area (Å²) in [5.41, 5.74) is 0. The maximum Gasteiger partial charge on any atom is 0.303 e. The first-order chi connectivity index (χ1) is 13.4. The Kier molecular flexibility index (Phi) is 9.69. The number of rotatable bonds is 10. The smallest absolute Gasteiger partial charge is 0.303 e. The molecule has 0 aromatic carbocycles. The van der Waals surface area contributed by atoms with Crippen molar-refractivity contribution in [2.24, 2.45) is 23.7 Å². The summed E-state index contributed by atoms with van der Waals surface area (Å²) in [6, 6.07) is 0. The highest BCUT2D eigenvalue weighted by molar-refractivity contribution is 5.66. The van der Waals surface area contributed by atoms with E-state index in [1.165, 1.54) is 19.3 Å². The van der Waals surface area contributed by atoms with Crippen LogP contribution in [-0.4, -0.2) is 44.7 Å². The van der Waals surface area contributed by atoms with Gasteiger partial charge in [-0.1, -0.05) is 50.5 Å². The van der Waals surface area contributed by atoms with Gasteiger partial charge in [-0.25, -0.2) is 0 Å². The minimum absolute atomic E-state index is 0.0658. The second-order valence-electron chi connectivity index (χ2n) is 8.68. The van der Waals surface area contributed by atoms with Crippen molar-refractivity contribution in [2.45, 2.75) is 89.4 Å². The van der Waals surface area contributed by atoms with Gasteiger partial charge in [-0.2, -0.15) is 0 Å². The van der Waals surface area contributed by atoms with Crippen LogP contribution in [0.25, 0.3) is 0 Å². The number of carboxylic acid groups (broad SMARTS) is 1. The molecule has 0 spiro atoms. The molecule has 2 aliphatic carbocycles. The first-order valence-corrected chi connectivity index (χ1v) is 11.0. The molecular weight excluding hydrogens is 356 g/mol. The highest BCUT2D eigenvalue weighted by Crippen LogP contribution is 2.37. The van der Waals surface area contributed by atoms with Gasteiger partial charge in [-0.3, -0.25) is 4.79 Å². The van der Waals surface area contributed by atoms with Crippen molar-refractivity contribution >= 4 is 5.97 Å². The third-order valence-corrected chi connectivity index (χ3v) is 6.67. The zero-order valence-electron chi connectivity index (χ0n) is 17.1. The molecule has 0 radical (unpaired) electrons. The molecule has 2 aliphatic rings. The summed E-state index contributed by atoms with van der Waals surface area (Å²) in [4.78, 5) is 10.5. The number of allylic oxidation sites excluding steroid dienone is 2. The van der Waals surface area contributed by atoms with Crippen LogP contribution in [0.2, 0.25) is 0 Å². The summed E-state index contributed by atoms with van der Waals surface area (Å²) in [5.74, 6) is 0.00299. The molecule has 28 heavy (non-hydrogen) atoms. The first-order valence-electron chi connectivity index (χ1n) is 11.0. The van der Waals surface area contributed by atoms with Crippen LogP contribution < -0.4 is 0 Å².